The van der Waals surface area contributed by atoms with E-state index in [4.69, 9.17) is 0 Å². The van der Waals surface area contributed by atoms with Crippen molar-refractivity contribution in [3.05, 3.63) is 35.4 Å². The van der Waals surface area contributed by atoms with E-state index in [0.717, 1.165) is 31.4 Å². The van der Waals surface area contributed by atoms with Crippen LogP contribution in [0.5, 0.6) is 0 Å². The first-order valence-corrected chi connectivity index (χ1v) is 7.98. The van der Waals surface area contributed by atoms with Crippen LogP contribution in [0.15, 0.2) is 24.3 Å². The van der Waals surface area contributed by atoms with Crippen LogP contribution in [0, 0.1) is 5.92 Å². The van der Waals surface area contributed by atoms with Crippen LogP contribution >= 0.6 is 0 Å². The summed E-state index contributed by atoms with van der Waals surface area (Å²) in [7, 11) is 0. The van der Waals surface area contributed by atoms with Crippen molar-refractivity contribution in [3.8, 4) is 0 Å². The third kappa shape index (κ3) is 3.22. The molecule has 0 atom stereocenters. The summed E-state index contributed by atoms with van der Waals surface area (Å²) >= 11 is 0. The Balaban J connectivity index is 1.70. The van der Waals surface area contributed by atoms with E-state index in [1.165, 1.54) is 12.1 Å². The maximum Gasteiger partial charge on any atom is 0.416 e. The number of likely N-dealkylation sites (tertiary alicyclic amines) is 1. The van der Waals surface area contributed by atoms with Crippen LogP contribution in [-0.2, 0) is 16.6 Å². The van der Waals surface area contributed by atoms with Crippen LogP contribution < -0.4 is 0 Å². The lowest BCUT2D eigenvalue weighted by Crippen LogP contribution is -2.48. The molecule has 1 heterocycles. The van der Waals surface area contributed by atoms with Crippen molar-refractivity contribution in [2.24, 2.45) is 5.92 Å². The van der Waals surface area contributed by atoms with Crippen molar-refractivity contribution < 1.29 is 23.1 Å². The van der Waals surface area contributed by atoms with Crippen molar-refractivity contribution in [1.29, 1.82) is 0 Å². The molecule has 1 amide bonds. The van der Waals surface area contributed by atoms with Gasteiger partial charge in [-0.15, -0.1) is 0 Å². The smallest absolute Gasteiger partial charge is 0.385 e. The number of alkyl halides is 3. The molecule has 0 aromatic heterocycles. The molecule has 2 fully saturated rings. The maximum absolute atomic E-state index is 12.8. The standard InChI is InChI=1S/C17H20F3NO2/c18-17(19,20)14-6-2-5-13(11-14)16(23)7-9-21(10-8-16)15(22)12-3-1-4-12/h2,5-6,11-12,23H,1,3-4,7-10H2. The Morgan fingerprint density at radius 1 is 1.22 bits per heavy atom. The fraction of sp³-hybridized carbons (Fsp3) is 0.588. The average Bonchev–Trinajstić information content (AvgIpc) is 2.45. The van der Waals surface area contributed by atoms with Crippen molar-refractivity contribution in [2.45, 2.75) is 43.9 Å². The lowest BCUT2D eigenvalue weighted by atomic mass is 9.81. The number of rotatable bonds is 2. The van der Waals surface area contributed by atoms with Gasteiger partial charge in [0, 0.05) is 19.0 Å². The van der Waals surface area contributed by atoms with Gasteiger partial charge in [0.25, 0.3) is 0 Å². The van der Waals surface area contributed by atoms with Gasteiger partial charge in [-0.05, 0) is 43.4 Å². The number of carbonyl (C=O) groups is 1. The number of amides is 1. The molecular weight excluding hydrogens is 307 g/mol. The van der Waals surface area contributed by atoms with Gasteiger partial charge in [0.1, 0.15) is 0 Å². The number of piperidine rings is 1. The second-order valence-corrected chi connectivity index (χ2v) is 6.56. The summed E-state index contributed by atoms with van der Waals surface area (Å²) in [6.07, 6.45) is -0.953. The van der Waals surface area contributed by atoms with Crippen molar-refractivity contribution in [2.75, 3.05) is 13.1 Å². The Labute approximate surface area is 133 Å². The largest absolute Gasteiger partial charge is 0.416 e. The topological polar surface area (TPSA) is 40.5 Å². The van der Waals surface area contributed by atoms with E-state index in [1.54, 1.807) is 4.90 Å². The van der Waals surface area contributed by atoms with Gasteiger partial charge in [0.15, 0.2) is 0 Å². The highest BCUT2D eigenvalue weighted by molar-refractivity contribution is 5.79. The summed E-state index contributed by atoms with van der Waals surface area (Å²) in [5, 5.41) is 10.7. The molecule has 1 aromatic carbocycles. The lowest BCUT2D eigenvalue weighted by molar-refractivity contribution is -0.142. The summed E-state index contributed by atoms with van der Waals surface area (Å²) in [5.74, 6) is 0.233. The van der Waals surface area contributed by atoms with Gasteiger partial charge in [0.05, 0.1) is 11.2 Å². The van der Waals surface area contributed by atoms with Gasteiger partial charge < -0.3 is 10.0 Å². The first-order chi connectivity index (χ1) is 10.8. The van der Waals surface area contributed by atoms with Crippen molar-refractivity contribution in [3.63, 3.8) is 0 Å². The van der Waals surface area contributed by atoms with Crippen LogP contribution in [0.4, 0.5) is 13.2 Å². The molecule has 1 saturated carbocycles. The monoisotopic (exact) mass is 327 g/mol. The van der Waals surface area contributed by atoms with E-state index in [2.05, 4.69) is 0 Å². The van der Waals surface area contributed by atoms with Gasteiger partial charge in [-0.2, -0.15) is 13.2 Å². The molecular formula is C17H20F3NO2. The molecule has 1 aliphatic heterocycles. The molecule has 2 aliphatic rings. The van der Waals surface area contributed by atoms with Crippen LogP contribution in [0.3, 0.4) is 0 Å². The molecule has 1 aliphatic carbocycles. The normalized spacial score (nSPS) is 21.8. The molecule has 23 heavy (non-hydrogen) atoms. The molecule has 0 unspecified atom stereocenters. The van der Waals surface area contributed by atoms with E-state index in [0.29, 0.717) is 13.1 Å². The zero-order valence-corrected chi connectivity index (χ0v) is 12.8. The van der Waals surface area contributed by atoms with Crippen LogP contribution in [0.1, 0.15) is 43.2 Å². The molecule has 3 nitrogen and oxygen atoms in total. The Kier molecular flexibility index (Phi) is 4.12. The Hall–Kier alpha value is -1.56. The van der Waals surface area contributed by atoms with Gasteiger partial charge in [-0.1, -0.05) is 18.6 Å². The van der Waals surface area contributed by atoms with E-state index in [1.807, 2.05) is 0 Å². The van der Waals surface area contributed by atoms with Gasteiger partial charge >= 0.3 is 6.18 Å². The van der Waals surface area contributed by atoms with Gasteiger partial charge in [0.2, 0.25) is 5.91 Å². The molecule has 6 heteroatoms. The van der Waals surface area contributed by atoms with E-state index >= 15 is 0 Å². The highest BCUT2D eigenvalue weighted by Crippen LogP contribution is 2.38. The Morgan fingerprint density at radius 3 is 2.39 bits per heavy atom. The molecule has 3 rings (SSSR count). The van der Waals surface area contributed by atoms with Crippen molar-refractivity contribution >= 4 is 5.91 Å². The SMILES string of the molecule is O=C(C1CCC1)N1CCC(O)(c2cccc(C(F)(F)F)c2)CC1. The number of hydrogen-bond acceptors (Lipinski definition) is 2. The summed E-state index contributed by atoms with van der Waals surface area (Å²) < 4.78 is 38.5. The second kappa shape index (κ2) is 5.82. The number of hydrogen-bond donors (Lipinski definition) is 1. The number of benzene rings is 1. The first-order valence-electron chi connectivity index (χ1n) is 7.98. The van der Waals surface area contributed by atoms with Crippen LogP contribution in [0.2, 0.25) is 0 Å². The van der Waals surface area contributed by atoms with E-state index in [9.17, 15) is 23.1 Å². The highest BCUT2D eigenvalue weighted by Gasteiger charge is 2.39. The maximum atomic E-state index is 12.8. The predicted molar refractivity (Wildman–Crippen MR) is 78.5 cm³/mol. The van der Waals surface area contributed by atoms with Gasteiger partial charge in [-0.3, -0.25) is 4.79 Å². The fourth-order valence-electron chi connectivity index (χ4n) is 3.28. The second-order valence-electron chi connectivity index (χ2n) is 6.56. The van der Waals surface area contributed by atoms with Gasteiger partial charge in [-0.25, -0.2) is 0 Å². The van der Waals surface area contributed by atoms with Crippen LogP contribution in [-0.4, -0.2) is 29.0 Å². The third-order valence-corrected chi connectivity index (χ3v) is 5.08. The third-order valence-electron chi connectivity index (χ3n) is 5.08. The van der Waals surface area contributed by atoms with E-state index in [-0.39, 0.29) is 30.2 Å². The number of halogens is 3. The first kappa shape index (κ1) is 16.3. The lowest BCUT2D eigenvalue weighted by Gasteiger charge is -2.41. The molecule has 0 spiro atoms. The molecule has 1 N–H and O–H groups in total. The van der Waals surface area contributed by atoms with Crippen LogP contribution in [0.25, 0.3) is 0 Å². The fourth-order valence-corrected chi connectivity index (χ4v) is 3.28. The van der Waals surface area contributed by atoms with E-state index < -0.39 is 17.3 Å². The zero-order chi connectivity index (χ0) is 16.7. The highest BCUT2D eigenvalue weighted by atomic mass is 19.4. The number of aliphatic hydroxyl groups is 1. The van der Waals surface area contributed by atoms with Crippen molar-refractivity contribution in [1.82, 2.24) is 4.90 Å². The summed E-state index contributed by atoms with van der Waals surface area (Å²) in [6.45, 7) is 0.782. The molecule has 1 aromatic rings. The Bertz CT molecular complexity index is 588. The molecule has 0 radical (unpaired) electrons. The number of carbonyl (C=O) groups excluding carboxylic acids is 1. The quantitative estimate of drug-likeness (QED) is 0.905. The average molecular weight is 327 g/mol. The minimum absolute atomic E-state index is 0.106. The molecule has 126 valence electrons. The zero-order valence-electron chi connectivity index (χ0n) is 12.8. The Morgan fingerprint density at radius 2 is 1.87 bits per heavy atom. The minimum Gasteiger partial charge on any atom is -0.385 e. The summed E-state index contributed by atoms with van der Waals surface area (Å²) in [5.41, 5.74) is -1.77. The minimum atomic E-state index is -4.42. The molecule has 1 saturated heterocycles. The number of nitrogens with zero attached hydrogens (tertiary/aromatic N) is 1. The summed E-state index contributed by atoms with van der Waals surface area (Å²) in [6, 6.07) is 4.87. The predicted octanol–water partition coefficient (Wildman–Crippen LogP) is 3.32. The summed E-state index contributed by atoms with van der Waals surface area (Å²) in [4.78, 5) is 14.0. The molecule has 0 bridgehead atoms.